The van der Waals surface area contributed by atoms with Crippen molar-refractivity contribution in [3.05, 3.63) is 35.9 Å². The Bertz CT molecular complexity index is 429. The summed E-state index contributed by atoms with van der Waals surface area (Å²) in [4.78, 5) is 11.6. The zero-order chi connectivity index (χ0) is 14.8. The summed E-state index contributed by atoms with van der Waals surface area (Å²) in [5.41, 5.74) is 6.88. The number of unbranched alkanes of at least 4 members (excludes halogenated alkanes) is 3. The molecule has 0 saturated heterocycles. The Morgan fingerprint density at radius 3 is 2.45 bits per heavy atom. The Balaban J connectivity index is 2.09. The standard InChI is InChI=1S/C15H24N4O/c1-19(17)18-15(16)14(20)12-8-3-2-5-9-13-10-6-4-7-11-13/h4,6-7,10-11H,2-3,5,8-9,12,17H2,1H3,(H2,16,18). The molecule has 4 N–H and O–H groups in total. The molecule has 20 heavy (non-hydrogen) atoms. The summed E-state index contributed by atoms with van der Waals surface area (Å²) in [6.07, 6.45) is 5.68. The van der Waals surface area contributed by atoms with Crippen molar-refractivity contribution in [2.75, 3.05) is 7.05 Å². The van der Waals surface area contributed by atoms with Crippen molar-refractivity contribution >= 4 is 11.6 Å². The Hall–Kier alpha value is -1.88. The van der Waals surface area contributed by atoms with Gasteiger partial charge in [0.15, 0.2) is 11.6 Å². The van der Waals surface area contributed by atoms with Crippen LogP contribution in [-0.4, -0.2) is 23.8 Å². The van der Waals surface area contributed by atoms with E-state index in [1.165, 1.54) is 12.6 Å². The number of ketones is 1. The van der Waals surface area contributed by atoms with Gasteiger partial charge in [0.25, 0.3) is 0 Å². The number of aryl methyl sites for hydroxylation is 1. The minimum atomic E-state index is -0.134. The van der Waals surface area contributed by atoms with Crippen LogP contribution >= 0.6 is 0 Å². The van der Waals surface area contributed by atoms with Gasteiger partial charge in [-0.3, -0.25) is 4.79 Å². The normalized spacial score (nSPS) is 11.4. The number of hydrazone groups is 1. The number of benzene rings is 1. The van der Waals surface area contributed by atoms with E-state index in [-0.39, 0.29) is 11.6 Å². The fourth-order valence-corrected chi connectivity index (χ4v) is 1.97. The second-order valence-electron chi connectivity index (χ2n) is 4.88. The fourth-order valence-electron chi connectivity index (χ4n) is 1.97. The highest BCUT2D eigenvalue weighted by atomic mass is 16.1. The number of hydrogen-bond donors (Lipinski definition) is 2. The number of amidine groups is 1. The van der Waals surface area contributed by atoms with E-state index >= 15 is 0 Å². The van der Waals surface area contributed by atoms with Crippen LogP contribution in [0.5, 0.6) is 0 Å². The summed E-state index contributed by atoms with van der Waals surface area (Å²) >= 11 is 0. The molecule has 5 nitrogen and oxygen atoms in total. The van der Waals surface area contributed by atoms with Crippen molar-refractivity contribution in [3.8, 4) is 0 Å². The van der Waals surface area contributed by atoms with E-state index < -0.39 is 0 Å². The minimum Gasteiger partial charge on any atom is -0.379 e. The highest BCUT2D eigenvalue weighted by Gasteiger charge is 2.07. The van der Waals surface area contributed by atoms with Crippen LogP contribution in [0.3, 0.4) is 0 Å². The molecule has 0 atom stereocenters. The third kappa shape index (κ3) is 6.89. The number of hydrazine groups is 1. The Morgan fingerprint density at radius 2 is 1.80 bits per heavy atom. The molecule has 110 valence electrons. The molecule has 0 heterocycles. The van der Waals surface area contributed by atoms with Gasteiger partial charge < -0.3 is 5.73 Å². The Morgan fingerprint density at radius 1 is 1.15 bits per heavy atom. The van der Waals surface area contributed by atoms with Gasteiger partial charge in [0.1, 0.15) is 0 Å². The smallest absolute Gasteiger partial charge is 0.199 e. The third-order valence-electron chi connectivity index (χ3n) is 3.01. The number of rotatable bonds is 9. The number of carbonyl (C=O) groups is 1. The van der Waals surface area contributed by atoms with Gasteiger partial charge in [-0.05, 0) is 24.8 Å². The second-order valence-corrected chi connectivity index (χ2v) is 4.88. The lowest BCUT2D eigenvalue weighted by Crippen LogP contribution is -2.30. The molecule has 0 amide bonds. The first-order valence-corrected chi connectivity index (χ1v) is 6.99. The number of nitrogens with zero attached hydrogens (tertiary/aromatic N) is 2. The molecule has 0 saturated carbocycles. The molecule has 0 aromatic heterocycles. The largest absolute Gasteiger partial charge is 0.379 e. The van der Waals surface area contributed by atoms with E-state index in [9.17, 15) is 4.79 Å². The first-order chi connectivity index (χ1) is 9.59. The molecule has 1 rings (SSSR count). The lowest BCUT2D eigenvalue weighted by Gasteiger charge is -2.06. The van der Waals surface area contributed by atoms with Crippen LogP contribution in [0, 0.1) is 0 Å². The van der Waals surface area contributed by atoms with Crippen molar-refractivity contribution in [2.45, 2.75) is 38.5 Å². The maximum Gasteiger partial charge on any atom is 0.199 e. The van der Waals surface area contributed by atoms with Gasteiger partial charge in [-0.2, -0.15) is 0 Å². The SMILES string of the molecule is CN(N)/N=C(\N)C(=O)CCCCCCc1ccccc1. The predicted octanol–water partition coefficient (Wildman–Crippen LogP) is 1.83. The van der Waals surface area contributed by atoms with Crippen LogP contribution in [0.25, 0.3) is 0 Å². The van der Waals surface area contributed by atoms with Crippen LogP contribution in [0.2, 0.25) is 0 Å². The van der Waals surface area contributed by atoms with Crippen LogP contribution in [0.15, 0.2) is 35.4 Å². The van der Waals surface area contributed by atoms with Crippen LogP contribution in [0.4, 0.5) is 0 Å². The lowest BCUT2D eigenvalue weighted by atomic mass is 10.0. The summed E-state index contributed by atoms with van der Waals surface area (Å²) in [6, 6.07) is 10.4. The van der Waals surface area contributed by atoms with E-state index in [1.54, 1.807) is 0 Å². The van der Waals surface area contributed by atoms with E-state index in [2.05, 4.69) is 29.4 Å². The van der Waals surface area contributed by atoms with Gasteiger partial charge in [0.2, 0.25) is 0 Å². The number of hydrogen-bond acceptors (Lipinski definition) is 4. The van der Waals surface area contributed by atoms with Gasteiger partial charge in [0.05, 0.1) is 0 Å². The van der Waals surface area contributed by atoms with Gasteiger partial charge in [-0.25, -0.2) is 11.0 Å². The summed E-state index contributed by atoms with van der Waals surface area (Å²) < 4.78 is 0. The number of Topliss-reactive ketones (excluding diaryl/α,β-unsaturated/α-hetero) is 1. The van der Waals surface area contributed by atoms with Crippen LogP contribution < -0.4 is 11.6 Å². The molecular formula is C15H24N4O. The zero-order valence-electron chi connectivity index (χ0n) is 12.1. The fraction of sp³-hybridized carbons (Fsp3) is 0.467. The predicted molar refractivity (Wildman–Crippen MR) is 81.8 cm³/mol. The third-order valence-corrected chi connectivity index (χ3v) is 3.01. The molecule has 0 bridgehead atoms. The highest BCUT2D eigenvalue weighted by molar-refractivity contribution is 6.38. The molecule has 1 aromatic carbocycles. The second kappa shape index (κ2) is 9.09. The maximum absolute atomic E-state index is 11.6. The van der Waals surface area contributed by atoms with E-state index in [4.69, 9.17) is 11.6 Å². The summed E-state index contributed by atoms with van der Waals surface area (Å²) in [6.45, 7) is 0. The minimum absolute atomic E-state index is 0.0146. The summed E-state index contributed by atoms with van der Waals surface area (Å²) in [7, 11) is 1.53. The first-order valence-electron chi connectivity index (χ1n) is 6.99. The van der Waals surface area contributed by atoms with Crippen molar-refractivity contribution in [1.82, 2.24) is 5.12 Å². The lowest BCUT2D eigenvalue weighted by molar-refractivity contribution is -0.113. The maximum atomic E-state index is 11.6. The van der Waals surface area contributed by atoms with E-state index in [0.29, 0.717) is 6.42 Å². The molecule has 5 heteroatoms. The summed E-state index contributed by atoms with van der Waals surface area (Å²) in [5.74, 6) is 5.15. The average Bonchev–Trinajstić information content (AvgIpc) is 2.42. The van der Waals surface area contributed by atoms with Crippen LogP contribution in [-0.2, 0) is 11.2 Å². The molecule has 0 aliphatic rings. The number of carbonyl (C=O) groups excluding carboxylic acids is 1. The van der Waals surface area contributed by atoms with Gasteiger partial charge in [-0.15, -0.1) is 5.10 Å². The van der Waals surface area contributed by atoms with Gasteiger partial charge >= 0.3 is 0 Å². The van der Waals surface area contributed by atoms with Crippen molar-refractivity contribution in [1.29, 1.82) is 0 Å². The molecule has 0 fully saturated rings. The molecule has 0 unspecified atom stereocenters. The Labute approximate surface area is 120 Å². The monoisotopic (exact) mass is 276 g/mol. The molecule has 0 aliphatic heterocycles. The first kappa shape index (κ1) is 16.2. The molecule has 0 radical (unpaired) electrons. The quantitative estimate of drug-likeness (QED) is 0.237. The molecule has 1 aromatic rings. The van der Waals surface area contributed by atoms with Crippen molar-refractivity contribution < 1.29 is 4.79 Å². The Kier molecular flexibility index (Phi) is 7.35. The molecule has 0 aliphatic carbocycles. The van der Waals surface area contributed by atoms with Crippen molar-refractivity contribution in [2.24, 2.45) is 16.7 Å². The van der Waals surface area contributed by atoms with Gasteiger partial charge in [-0.1, -0.05) is 43.2 Å². The van der Waals surface area contributed by atoms with E-state index in [0.717, 1.165) is 37.2 Å². The van der Waals surface area contributed by atoms with Gasteiger partial charge in [0, 0.05) is 13.5 Å². The van der Waals surface area contributed by atoms with E-state index in [1.807, 2.05) is 6.07 Å². The topological polar surface area (TPSA) is 84.7 Å². The van der Waals surface area contributed by atoms with Crippen LogP contribution in [0.1, 0.15) is 37.7 Å². The van der Waals surface area contributed by atoms with Crippen molar-refractivity contribution in [3.63, 3.8) is 0 Å². The molecule has 0 spiro atoms. The highest BCUT2D eigenvalue weighted by Crippen LogP contribution is 2.09. The molecular weight excluding hydrogens is 252 g/mol. The zero-order valence-corrected chi connectivity index (χ0v) is 12.1. The number of nitrogens with two attached hydrogens (primary N) is 2. The average molecular weight is 276 g/mol. The summed E-state index contributed by atoms with van der Waals surface area (Å²) in [5, 5.41) is 4.74.